The van der Waals surface area contributed by atoms with Crippen molar-refractivity contribution in [3.8, 4) is 5.75 Å². The Bertz CT molecular complexity index is 691. The van der Waals surface area contributed by atoms with Crippen molar-refractivity contribution in [1.82, 2.24) is 0 Å². The molecule has 0 spiro atoms. The van der Waals surface area contributed by atoms with Crippen molar-refractivity contribution in [2.75, 3.05) is 13.7 Å². The van der Waals surface area contributed by atoms with E-state index in [2.05, 4.69) is 0 Å². The number of ketones is 1. The highest BCUT2D eigenvalue weighted by molar-refractivity contribution is 6.06. The number of hydrogen-bond acceptors (Lipinski definition) is 6. The highest BCUT2D eigenvalue weighted by atomic mass is 16.6. The zero-order valence-electron chi connectivity index (χ0n) is 15.6. The molecule has 0 aromatic heterocycles. The number of nitrogens with zero attached hydrogens (tertiary/aromatic N) is 1. The van der Waals surface area contributed by atoms with E-state index >= 15 is 0 Å². The molecule has 1 saturated carbocycles. The Balaban J connectivity index is 2.53. The van der Waals surface area contributed by atoms with Gasteiger partial charge in [-0.25, -0.2) is 0 Å². The van der Waals surface area contributed by atoms with E-state index in [4.69, 9.17) is 9.47 Å². The van der Waals surface area contributed by atoms with E-state index in [0.717, 1.165) is 0 Å². The summed E-state index contributed by atoms with van der Waals surface area (Å²) < 4.78 is 10.6. The molecule has 1 aliphatic carbocycles. The Labute approximate surface area is 152 Å². The van der Waals surface area contributed by atoms with Gasteiger partial charge < -0.3 is 9.47 Å². The zero-order chi connectivity index (χ0) is 19.5. The minimum atomic E-state index is -1.52. The molecule has 0 unspecified atom stereocenters. The smallest absolute Gasteiger partial charge is 0.321 e. The number of carbonyl (C=O) groups excluding carboxylic acids is 2. The molecular weight excluding hydrogens is 338 g/mol. The second-order valence-corrected chi connectivity index (χ2v) is 7.59. The lowest BCUT2D eigenvalue weighted by atomic mass is 9.69. The quantitative estimate of drug-likeness (QED) is 0.333. The molecule has 2 atom stereocenters. The maximum Gasteiger partial charge on any atom is 0.321 e. The Morgan fingerprint density at radius 1 is 1.31 bits per heavy atom. The third kappa shape index (κ3) is 4.03. The summed E-state index contributed by atoms with van der Waals surface area (Å²) in [7, 11) is 1.52. The van der Waals surface area contributed by atoms with E-state index in [1.54, 1.807) is 45.0 Å². The lowest BCUT2D eigenvalue weighted by Gasteiger charge is -2.34. The van der Waals surface area contributed by atoms with Crippen LogP contribution in [0.5, 0.6) is 5.75 Å². The van der Waals surface area contributed by atoms with Gasteiger partial charge in [0.15, 0.2) is 5.78 Å². The van der Waals surface area contributed by atoms with Crippen LogP contribution in [0.2, 0.25) is 0 Å². The average molecular weight is 363 g/mol. The van der Waals surface area contributed by atoms with Crippen LogP contribution in [0.1, 0.15) is 51.5 Å². The van der Waals surface area contributed by atoms with E-state index in [-0.39, 0.29) is 18.6 Å². The number of esters is 1. The SMILES string of the molecule is COc1ccc([C@H](C[N+](=O)[O-])[C@]2(C(=O)OC(C)(C)C)CCCC2=O)cc1. The van der Waals surface area contributed by atoms with E-state index < -0.39 is 34.4 Å². The summed E-state index contributed by atoms with van der Waals surface area (Å²) >= 11 is 0. The molecule has 0 N–H and O–H groups in total. The maximum absolute atomic E-state index is 13.0. The lowest BCUT2D eigenvalue weighted by Crippen LogP contribution is -2.47. The van der Waals surface area contributed by atoms with Crippen molar-refractivity contribution in [3.05, 3.63) is 39.9 Å². The Morgan fingerprint density at radius 2 is 1.92 bits per heavy atom. The number of hydrogen-bond donors (Lipinski definition) is 0. The molecule has 7 heteroatoms. The summed E-state index contributed by atoms with van der Waals surface area (Å²) in [6, 6.07) is 6.68. The van der Waals surface area contributed by atoms with Gasteiger partial charge in [-0.1, -0.05) is 12.1 Å². The predicted octanol–water partition coefficient (Wildman–Crippen LogP) is 3.14. The van der Waals surface area contributed by atoms with Crippen molar-refractivity contribution in [2.24, 2.45) is 5.41 Å². The Kier molecular flexibility index (Phi) is 5.68. The number of carbonyl (C=O) groups is 2. The van der Waals surface area contributed by atoms with Crippen molar-refractivity contribution >= 4 is 11.8 Å². The topological polar surface area (TPSA) is 95.7 Å². The van der Waals surface area contributed by atoms with Gasteiger partial charge in [0.2, 0.25) is 6.54 Å². The second kappa shape index (κ2) is 7.43. The van der Waals surface area contributed by atoms with Crippen LogP contribution in [-0.2, 0) is 14.3 Å². The highest BCUT2D eigenvalue weighted by Crippen LogP contribution is 2.48. The lowest BCUT2D eigenvalue weighted by molar-refractivity contribution is -0.485. The molecule has 7 nitrogen and oxygen atoms in total. The van der Waals surface area contributed by atoms with Crippen LogP contribution in [0.15, 0.2) is 24.3 Å². The molecular formula is C19H25NO6. The third-order valence-electron chi connectivity index (χ3n) is 4.68. The van der Waals surface area contributed by atoms with Crippen LogP contribution in [0.25, 0.3) is 0 Å². The van der Waals surface area contributed by atoms with Gasteiger partial charge in [-0.05, 0) is 51.3 Å². The average Bonchev–Trinajstić information content (AvgIpc) is 2.93. The van der Waals surface area contributed by atoms with Gasteiger partial charge in [-0.2, -0.15) is 0 Å². The van der Waals surface area contributed by atoms with Crippen LogP contribution in [0.4, 0.5) is 0 Å². The number of methoxy groups -OCH3 is 1. The molecule has 1 fully saturated rings. The second-order valence-electron chi connectivity index (χ2n) is 7.59. The van der Waals surface area contributed by atoms with E-state index in [0.29, 0.717) is 17.7 Å². The van der Waals surface area contributed by atoms with Crippen molar-refractivity contribution in [3.63, 3.8) is 0 Å². The third-order valence-corrected chi connectivity index (χ3v) is 4.68. The number of rotatable bonds is 6. The molecule has 142 valence electrons. The van der Waals surface area contributed by atoms with Gasteiger partial charge in [-0.3, -0.25) is 19.7 Å². The first-order valence-corrected chi connectivity index (χ1v) is 8.62. The minimum absolute atomic E-state index is 0.226. The van der Waals surface area contributed by atoms with Gasteiger partial charge in [0.25, 0.3) is 0 Å². The van der Waals surface area contributed by atoms with Gasteiger partial charge in [0.1, 0.15) is 16.8 Å². The first kappa shape index (κ1) is 19.9. The summed E-state index contributed by atoms with van der Waals surface area (Å²) in [5, 5.41) is 11.3. The molecule has 2 rings (SSSR count). The molecule has 26 heavy (non-hydrogen) atoms. The molecule has 1 aromatic rings. The van der Waals surface area contributed by atoms with Crippen LogP contribution in [0.3, 0.4) is 0 Å². The normalized spacial score (nSPS) is 21.3. The summed E-state index contributed by atoms with van der Waals surface area (Å²) in [6.07, 6.45) is 0.997. The first-order chi connectivity index (χ1) is 12.1. The fraction of sp³-hybridized carbons (Fsp3) is 0.579. The van der Waals surface area contributed by atoms with E-state index in [1.807, 2.05) is 0 Å². The summed E-state index contributed by atoms with van der Waals surface area (Å²) in [6.45, 7) is 4.63. The maximum atomic E-state index is 13.0. The highest BCUT2D eigenvalue weighted by Gasteiger charge is 2.58. The van der Waals surface area contributed by atoms with Gasteiger partial charge in [0, 0.05) is 11.3 Å². The largest absolute Gasteiger partial charge is 0.497 e. The summed E-state index contributed by atoms with van der Waals surface area (Å²) in [5.74, 6) is -1.24. The van der Waals surface area contributed by atoms with Gasteiger partial charge >= 0.3 is 5.97 Å². The van der Waals surface area contributed by atoms with E-state index in [9.17, 15) is 19.7 Å². The van der Waals surface area contributed by atoms with Crippen LogP contribution in [0, 0.1) is 15.5 Å². The first-order valence-electron chi connectivity index (χ1n) is 8.62. The van der Waals surface area contributed by atoms with Crippen molar-refractivity contribution < 1.29 is 24.0 Å². The van der Waals surface area contributed by atoms with Crippen molar-refractivity contribution in [1.29, 1.82) is 0 Å². The van der Waals surface area contributed by atoms with Crippen LogP contribution >= 0.6 is 0 Å². The Morgan fingerprint density at radius 3 is 2.35 bits per heavy atom. The van der Waals surface area contributed by atoms with Gasteiger partial charge in [0.05, 0.1) is 13.0 Å². The van der Waals surface area contributed by atoms with Crippen LogP contribution in [-0.4, -0.2) is 35.9 Å². The molecule has 0 saturated heterocycles. The number of ether oxygens (including phenoxy) is 2. The zero-order valence-corrected chi connectivity index (χ0v) is 15.6. The number of nitro groups is 1. The van der Waals surface area contributed by atoms with Crippen molar-refractivity contribution in [2.45, 2.75) is 51.6 Å². The fourth-order valence-corrected chi connectivity index (χ4v) is 3.52. The molecule has 0 radical (unpaired) electrons. The molecule has 0 bridgehead atoms. The molecule has 0 heterocycles. The monoisotopic (exact) mass is 363 g/mol. The minimum Gasteiger partial charge on any atom is -0.497 e. The molecule has 1 aliphatic rings. The standard InChI is InChI=1S/C19H25NO6/c1-18(2,3)26-17(22)19(11-5-6-16(19)21)15(12-20(23)24)13-7-9-14(25-4)10-8-13/h7-10,15H,5-6,11-12H2,1-4H3/t15-,19+/m0/s1. The number of Topliss-reactive ketones (excluding diaryl/α,β-unsaturated/α-hetero) is 1. The number of benzene rings is 1. The molecule has 1 aromatic carbocycles. The van der Waals surface area contributed by atoms with Crippen LogP contribution < -0.4 is 4.74 Å². The van der Waals surface area contributed by atoms with Gasteiger partial charge in [-0.15, -0.1) is 0 Å². The summed E-state index contributed by atoms with van der Waals surface area (Å²) in [5.41, 5.74) is -1.75. The Hall–Kier alpha value is -2.44. The summed E-state index contributed by atoms with van der Waals surface area (Å²) in [4.78, 5) is 36.7. The molecule has 0 aliphatic heterocycles. The molecule has 0 amide bonds. The predicted molar refractivity (Wildman–Crippen MR) is 94.7 cm³/mol. The fourth-order valence-electron chi connectivity index (χ4n) is 3.52. The van der Waals surface area contributed by atoms with E-state index in [1.165, 1.54) is 7.11 Å².